The fraction of sp³-hybridized carbons (Fsp3) is 0. The second-order valence-corrected chi connectivity index (χ2v) is 4.39. The van der Waals surface area contributed by atoms with Gasteiger partial charge in [-0.25, -0.2) is 9.37 Å². The molecule has 0 amide bonds. The number of halogens is 3. The van der Waals surface area contributed by atoms with E-state index in [1.54, 1.807) is 0 Å². The second kappa shape index (κ2) is 5.33. The summed E-state index contributed by atoms with van der Waals surface area (Å²) in [6, 6.07) is 1.98. The molecular weight excluding hydrogens is 342 g/mol. The van der Waals surface area contributed by atoms with E-state index in [4.69, 9.17) is 10.5 Å². The van der Waals surface area contributed by atoms with Crippen LogP contribution in [-0.4, -0.2) is 14.9 Å². The normalized spacial score (nSPS) is 10.3. The number of nitrogens with two attached hydrogens (primary N) is 1. The molecule has 10 heteroatoms. The topological polar surface area (TPSA) is 104 Å². The van der Waals surface area contributed by atoms with E-state index in [9.17, 15) is 18.9 Å². The summed E-state index contributed by atoms with van der Waals surface area (Å²) >= 11 is 2.94. The van der Waals surface area contributed by atoms with Gasteiger partial charge in [0.15, 0.2) is 11.6 Å². The maximum absolute atomic E-state index is 13.5. The highest BCUT2D eigenvalue weighted by molar-refractivity contribution is 9.10. The predicted octanol–water partition coefficient (Wildman–Crippen LogP) is 2.80. The SMILES string of the molecule is Nc1ncnc(Oc2cc(Br)cc(F)c2F)c1[N+](=O)[O-]. The van der Waals surface area contributed by atoms with E-state index in [2.05, 4.69) is 25.9 Å². The molecule has 0 aliphatic rings. The van der Waals surface area contributed by atoms with Crippen molar-refractivity contribution in [2.24, 2.45) is 0 Å². The first-order valence-electron chi connectivity index (χ1n) is 4.97. The molecule has 7 nitrogen and oxygen atoms in total. The molecule has 0 bridgehead atoms. The number of nitrogens with zero attached hydrogens (tertiary/aromatic N) is 3. The molecule has 0 unspecified atom stereocenters. The molecule has 0 aliphatic carbocycles. The van der Waals surface area contributed by atoms with E-state index in [-0.39, 0.29) is 4.47 Å². The van der Waals surface area contributed by atoms with Crippen LogP contribution in [0.15, 0.2) is 22.9 Å². The Kier molecular flexibility index (Phi) is 3.74. The van der Waals surface area contributed by atoms with Gasteiger partial charge in [-0.15, -0.1) is 0 Å². The summed E-state index contributed by atoms with van der Waals surface area (Å²) in [5.41, 5.74) is 4.59. The summed E-state index contributed by atoms with van der Waals surface area (Å²) in [6.45, 7) is 0. The predicted molar refractivity (Wildman–Crippen MR) is 67.2 cm³/mol. The molecule has 2 aromatic rings. The molecule has 0 atom stereocenters. The fourth-order valence-corrected chi connectivity index (χ4v) is 1.74. The lowest BCUT2D eigenvalue weighted by Crippen LogP contribution is -2.03. The van der Waals surface area contributed by atoms with Crippen LogP contribution in [0.3, 0.4) is 0 Å². The summed E-state index contributed by atoms with van der Waals surface area (Å²) in [6.07, 6.45) is 0.907. The molecule has 1 aromatic carbocycles. The Labute approximate surface area is 118 Å². The van der Waals surface area contributed by atoms with Crippen molar-refractivity contribution in [1.29, 1.82) is 0 Å². The summed E-state index contributed by atoms with van der Waals surface area (Å²) in [5, 5.41) is 10.8. The zero-order valence-electron chi connectivity index (χ0n) is 9.51. The summed E-state index contributed by atoms with van der Waals surface area (Å²) in [7, 11) is 0. The van der Waals surface area contributed by atoms with Gasteiger partial charge in [0, 0.05) is 4.47 Å². The van der Waals surface area contributed by atoms with Gasteiger partial charge in [0.1, 0.15) is 6.33 Å². The Morgan fingerprint density at radius 2 is 2.05 bits per heavy atom. The van der Waals surface area contributed by atoms with Crippen LogP contribution < -0.4 is 10.5 Å². The zero-order chi connectivity index (χ0) is 14.9. The largest absolute Gasteiger partial charge is 0.430 e. The lowest BCUT2D eigenvalue weighted by Gasteiger charge is -2.07. The van der Waals surface area contributed by atoms with Gasteiger partial charge in [0.05, 0.1) is 4.92 Å². The number of hydrogen-bond acceptors (Lipinski definition) is 6. The minimum Gasteiger partial charge on any atom is -0.430 e. The summed E-state index contributed by atoms with van der Waals surface area (Å²) < 4.78 is 31.9. The number of ether oxygens (including phenoxy) is 1. The van der Waals surface area contributed by atoms with Gasteiger partial charge in [-0.1, -0.05) is 15.9 Å². The third-order valence-electron chi connectivity index (χ3n) is 2.17. The first-order valence-corrected chi connectivity index (χ1v) is 5.76. The lowest BCUT2D eigenvalue weighted by atomic mass is 10.3. The zero-order valence-corrected chi connectivity index (χ0v) is 11.1. The van der Waals surface area contributed by atoms with E-state index < -0.39 is 39.7 Å². The van der Waals surface area contributed by atoms with Crippen LogP contribution in [-0.2, 0) is 0 Å². The smallest absolute Gasteiger partial charge is 0.372 e. The number of hydrogen-bond donors (Lipinski definition) is 1. The molecule has 20 heavy (non-hydrogen) atoms. The Morgan fingerprint density at radius 1 is 1.35 bits per heavy atom. The highest BCUT2D eigenvalue weighted by Gasteiger charge is 2.24. The van der Waals surface area contributed by atoms with Gasteiger partial charge in [-0.3, -0.25) is 10.1 Å². The number of aromatic nitrogens is 2. The quantitative estimate of drug-likeness (QED) is 0.520. The lowest BCUT2D eigenvalue weighted by molar-refractivity contribution is -0.385. The molecular formula is C10H5BrF2N4O3. The Bertz CT molecular complexity index is 698. The van der Waals surface area contributed by atoms with Crippen molar-refractivity contribution >= 4 is 27.4 Å². The van der Waals surface area contributed by atoms with Gasteiger partial charge in [0.2, 0.25) is 11.6 Å². The standard InChI is InChI=1S/C10H5BrF2N4O3/c11-4-1-5(12)7(13)6(2-4)20-10-8(17(18)19)9(14)15-3-16-10/h1-3H,(H2,14,15,16). The van der Waals surface area contributed by atoms with Crippen molar-refractivity contribution in [3.8, 4) is 11.6 Å². The van der Waals surface area contributed by atoms with Crippen LogP contribution in [0.1, 0.15) is 0 Å². The van der Waals surface area contributed by atoms with Crippen LogP contribution in [0.5, 0.6) is 11.6 Å². The van der Waals surface area contributed by atoms with Crippen LogP contribution in [0, 0.1) is 21.7 Å². The van der Waals surface area contributed by atoms with Gasteiger partial charge < -0.3 is 10.5 Å². The number of nitro groups is 1. The number of rotatable bonds is 3. The van der Waals surface area contributed by atoms with Crippen LogP contribution >= 0.6 is 15.9 Å². The van der Waals surface area contributed by atoms with Crippen molar-refractivity contribution in [3.05, 3.63) is 44.7 Å². The van der Waals surface area contributed by atoms with Crippen molar-refractivity contribution in [2.75, 3.05) is 5.73 Å². The monoisotopic (exact) mass is 346 g/mol. The van der Waals surface area contributed by atoms with Crippen LogP contribution in [0.2, 0.25) is 0 Å². The summed E-state index contributed by atoms with van der Waals surface area (Å²) in [5.74, 6) is -4.09. The highest BCUT2D eigenvalue weighted by Crippen LogP contribution is 2.35. The first kappa shape index (κ1) is 14.1. The average Bonchev–Trinajstić information content (AvgIpc) is 2.35. The Hall–Kier alpha value is -2.36. The molecule has 0 spiro atoms. The fourth-order valence-electron chi connectivity index (χ4n) is 1.33. The van der Waals surface area contributed by atoms with E-state index in [0.717, 1.165) is 18.5 Å². The summed E-state index contributed by atoms with van der Waals surface area (Å²) in [4.78, 5) is 16.9. The third-order valence-corrected chi connectivity index (χ3v) is 2.62. The molecule has 0 aliphatic heterocycles. The molecule has 1 aromatic heterocycles. The van der Waals surface area contributed by atoms with Crippen molar-refractivity contribution < 1.29 is 18.4 Å². The van der Waals surface area contributed by atoms with E-state index >= 15 is 0 Å². The molecule has 0 saturated heterocycles. The van der Waals surface area contributed by atoms with Crippen molar-refractivity contribution in [3.63, 3.8) is 0 Å². The maximum atomic E-state index is 13.5. The minimum atomic E-state index is -1.31. The van der Waals surface area contributed by atoms with Crippen LogP contribution in [0.4, 0.5) is 20.3 Å². The Morgan fingerprint density at radius 3 is 2.70 bits per heavy atom. The van der Waals surface area contributed by atoms with Gasteiger partial charge in [-0.2, -0.15) is 9.37 Å². The molecule has 0 fully saturated rings. The molecule has 2 rings (SSSR count). The van der Waals surface area contributed by atoms with Crippen molar-refractivity contribution in [1.82, 2.24) is 9.97 Å². The van der Waals surface area contributed by atoms with Crippen molar-refractivity contribution in [2.45, 2.75) is 0 Å². The molecule has 2 N–H and O–H groups in total. The molecule has 0 radical (unpaired) electrons. The Balaban J connectivity index is 2.51. The van der Waals surface area contributed by atoms with Gasteiger partial charge in [0.25, 0.3) is 0 Å². The van der Waals surface area contributed by atoms with E-state index in [1.807, 2.05) is 0 Å². The molecule has 104 valence electrons. The maximum Gasteiger partial charge on any atom is 0.372 e. The number of nitrogen functional groups attached to an aromatic ring is 1. The average molecular weight is 347 g/mol. The van der Waals surface area contributed by atoms with E-state index in [0.29, 0.717) is 0 Å². The minimum absolute atomic E-state index is 0.191. The van der Waals surface area contributed by atoms with Gasteiger partial charge in [-0.05, 0) is 12.1 Å². The number of benzene rings is 1. The third kappa shape index (κ3) is 2.64. The molecule has 1 heterocycles. The van der Waals surface area contributed by atoms with Gasteiger partial charge >= 0.3 is 11.6 Å². The first-order chi connectivity index (χ1) is 9.40. The van der Waals surface area contributed by atoms with E-state index in [1.165, 1.54) is 0 Å². The van der Waals surface area contributed by atoms with Crippen LogP contribution in [0.25, 0.3) is 0 Å². The second-order valence-electron chi connectivity index (χ2n) is 3.47. The highest BCUT2D eigenvalue weighted by atomic mass is 79.9. The number of anilines is 1. The molecule has 0 saturated carbocycles.